The zero-order valence-electron chi connectivity index (χ0n) is 16.2. The molecule has 0 saturated heterocycles. The minimum atomic E-state index is -0.411. The van der Waals surface area contributed by atoms with E-state index in [1.54, 1.807) is 12.1 Å². The Hall–Kier alpha value is -3.28. The Morgan fingerprint density at radius 1 is 0.900 bits per heavy atom. The molecule has 1 atom stereocenters. The van der Waals surface area contributed by atoms with Crippen molar-refractivity contribution in [3.8, 4) is 11.5 Å². The molecule has 0 aliphatic carbocycles. The van der Waals surface area contributed by atoms with Gasteiger partial charge in [-0.25, -0.2) is 0 Å². The molecule has 1 heterocycles. The Morgan fingerprint density at radius 2 is 1.57 bits per heavy atom. The summed E-state index contributed by atoms with van der Waals surface area (Å²) in [6.45, 7) is 0.576. The van der Waals surface area contributed by atoms with Crippen molar-refractivity contribution in [2.45, 2.75) is 19.0 Å². The highest BCUT2D eigenvalue weighted by Gasteiger charge is 2.23. The summed E-state index contributed by atoms with van der Waals surface area (Å²) in [6, 6.07) is 26.0. The van der Waals surface area contributed by atoms with Gasteiger partial charge >= 0.3 is 0 Å². The van der Waals surface area contributed by atoms with Gasteiger partial charge in [0.2, 0.25) is 11.8 Å². The number of nitrogens with one attached hydrogen (secondary N) is 1. The summed E-state index contributed by atoms with van der Waals surface area (Å²) in [5.41, 5.74) is 2.53. The maximum Gasteiger partial charge on any atom is 0.247 e. The van der Waals surface area contributed by atoms with Crippen molar-refractivity contribution in [1.29, 1.82) is 0 Å². The quantitative estimate of drug-likeness (QED) is 0.384. The number of halogens is 1. The Morgan fingerprint density at radius 3 is 2.27 bits per heavy atom. The number of aromatic nitrogens is 2. The number of carbonyl (C=O) groups excluding carboxylic acids is 1. The standard InChI is InChI=1S/C24H20ClN3O2/c25-20-13-11-19(12-14-20)23-27-28-24(30-23)21(26-16-17-7-3-1-4-8-17)15-22(29)18-9-5-2-6-10-18/h1-14,21,26H,15-16H2. The fourth-order valence-electron chi connectivity index (χ4n) is 3.10. The first-order valence-electron chi connectivity index (χ1n) is 9.64. The summed E-state index contributed by atoms with van der Waals surface area (Å²) in [4.78, 5) is 12.8. The van der Waals surface area contributed by atoms with Crippen LogP contribution in [0.5, 0.6) is 0 Å². The van der Waals surface area contributed by atoms with Gasteiger partial charge in [0.25, 0.3) is 0 Å². The van der Waals surface area contributed by atoms with Crippen LogP contribution in [-0.2, 0) is 6.54 Å². The molecule has 1 N–H and O–H groups in total. The smallest absolute Gasteiger partial charge is 0.247 e. The van der Waals surface area contributed by atoms with Crippen LogP contribution in [0.25, 0.3) is 11.5 Å². The molecule has 0 aliphatic rings. The lowest BCUT2D eigenvalue weighted by Crippen LogP contribution is -2.24. The minimum Gasteiger partial charge on any atom is -0.419 e. The zero-order valence-corrected chi connectivity index (χ0v) is 16.9. The van der Waals surface area contributed by atoms with Crippen LogP contribution in [-0.4, -0.2) is 16.0 Å². The Kier molecular flexibility index (Phi) is 6.32. The second-order valence-corrected chi connectivity index (χ2v) is 7.30. The van der Waals surface area contributed by atoms with Gasteiger partial charge in [-0.3, -0.25) is 4.79 Å². The van der Waals surface area contributed by atoms with Crippen molar-refractivity contribution in [2.75, 3.05) is 0 Å². The van der Waals surface area contributed by atoms with E-state index in [4.69, 9.17) is 16.0 Å². The first-order chi connectivity index (χ1) is 14.7. The molecule has 6 heteroatoms. The van der Waals surface area contributed by atoms with Gasteiger partial charge in [0, 0.05) is 29.1 Å². The molecule has 0 aliphatic heterocycles. The normalized spacial score (nSPS) is 11.9. The van der Waals surface area contributed by atoms with Gasteiger partial charge in [-0.1, -0.05) is 72.3 Å². The molecule has 4 rings (SSSR count). The van der Waals surface area contributed by atoms with E-state index in [-0.39, 0.29) is 12.2 Å². The highest BCUT2D eigenvalue weighted by Crippen LogP contribution is 2.25. The molecule has 0 radical (unpaired) electrons. The van der Waals surface area contributed by atoms with E-state index in [1.165, 1.54) is 0 Å². The molecule has 0 amide bonds. The van der Waals surface area contributed by atoms with Gasteiger partial charge in [-0.2, -0.15) is 0 Å². The topological polar surface area (TPSA) is 68.0 Å². The maximum absolute atomic E-state index is 12.8. The number of nitrogens with zero attached hydrogens (tertiary/aromatic N) is 2. The molecule has 1 aromatic heterocycles. The predicted octanol–water partition coefficient (Wildman–Crippen LogP) is 5.49. The van der Waals surface area contributed by atoms with Crippen molar-refractivity contribution in [1.82, 2.24) is 15.5 Å². The minimum absolute atomic E-state index is 0.00686. The summed E-state index contributed by atoms with van der Waals surface area (Å²) >= 11 is 5.96. The summed E-state index contributed by atoms with van der Waals surface area (Å²) in [5.74, 6) is 0.771. The average molecular weight is 418 g/mol. The number of benzene rings is 3. The Balaban J connectivity index is 1.56. The van der Waals surface area contributed by atoms with Crippen molar-refractivity contribution in [3.05, 3.63) is 107 Å². The monoisotopic (exact) mass is 417 g/mol. The average Bonchev–Trinajstić information content (AvgIpc) is 3.28. The lowest BCUT2D eigenvalue weighted by atomic mass is 10.0. The summed E-state index contributed by atoms with van der Waals surface area (Å²) in [7, 11) is 0. The first-order valence-corrected chi connectivity index (χ1v) is 10.0. The predicted molar refractivity (Wildman–Crippen MR) is 116 cm³/mol. The second-order valence-electron chi connectivity index (χ2n) is 6.86. The number of carbonyl (C=O) groups is 1. The second kappa shape index (κ2) is 9.48. The first kappa shape index (κ1) is 20.0. The summed E-state index contributed by atoms with van der Waals surface area (Å²) in [5, 5.41) is 12.4. The van der Waals surface area contributed by atoms with Crippen molar-refractivity contribution < 1.29 is 9.21 Å². The van der Waals surface area contributed by atoms with E-state index < -0.39 is 6.04 Å². The lowest BCUT2D eigenvalue weighted by molar-refractivity contribution is 0.0963. The zero-order chi connectivity index (χ0) is 20.8. The van der Waals surface area contributed by atoms with Crippen LogP contribution < -0.4 is 5.32 Å². The van der Waals surface area contributed by atoms with Crippen LogP contribution in [0.2, 0.25) is 5.02 Å². The van der Waals surface area contributed by atoms with Crippen molar-refractivity contribution >= 4 is 17.4 Å². The lowest BCUT2D eigenvalue weighted by Gasteiger charge is -2.15. The van der Waals surface area contributed by atoms with Crippen LogP contribution in [0.3, 0.4) is 0 Å². The summed E-state index contributed by atoms with van der Waals surface area (Å²) in [6.07, 6.45) is 0.207. The van der Waals surface area contributed by atoms with Gasteiger partial charge in [0.1, 0.15) is 0 Å². The Labute approximate surface area is 179 Å². The molecule has 30 heavy (non-hydrogen) atoms. The molecule has 150 valence electrons. The van der Waals surface area contributed by atoms with Gasteiger partial charge in [-0.05, 0) is 29.8 Å². The van der Waals surface area contributed by atoms with E-state index in [9.17, 15) is 4.79 Å². The molecular formula is C24H20ClN3O2. The van der Waals surface area contributed by atoms with E-state index in [0.29, 0.717) is 28.9 Å². The SMILES string of the molecule is O=C(CC(NCc1ccccc1)c1nnc(-c2ccc(Cl)cc2)o1)c1ccccc1. The third-order valence-corrected chi connectivity index (χ3v) is 4.96. The molecule has 3 aromatic carbocycles. The van der Waals surface area contributed by atoms with Gasteiger partial charge < -0.3 is 9.73 Å². The van der Waals surface area contributed by atoms with E-state index in [1.807, 2.05) is 72.8 Å². The van der Waals surface area contributed by atoms with Crippen LogP contribution in [0.15, 0.2) is 89.3 Å². The van der Waals surface area contributed by atoms with Crippen LogP contribution in [0, 0.1) is 0 Å². The number of hydrogen-bond acceptors (Lipinski definition) is 5. The largest absolute Gasteiger partial charge is 0.419 e. The van der Waals surface area contributed by atoms with Crippen molar-refractivity contribution in [3.63, 3.8) is 0 Å². The van der Waals surface area contributed by atoms with E-state index >= 15 is 0 Å². The molecular weight excluding hydrogens is 398 g/mol. The highest BCUT2D eigenvalue weighted by molar-refractivity contribution is 6.30. The van der Waals surface area contributed by atoms with Crippen molar-refractivity contribution in [2.24, 2.45) is 0 Å². The van der Waals surface area contributed by atoms with Crippen LogP contribution >= 0.6 is 11.6 Å². The molecule has 0 fully saturated rings. The number of rotatable bonds is 8. The molecule has 0 spiro atoms. The Bertz CT molecular complexity index is 1100. The third kappa shape index (κ3) is 5.00. The molecule has 0 bridgehead atoms. The third-order valence-electron chi connectivity index (χ3n) is 4.71. The number of Topliss-reactive ketones (excluding diaryl/α,β-unsaturated/α-hetero) is 1. The fraction of sp³-hybridized carbons (Fsp3) is 0.125. The van der Waals surface area contributed by atoms with Gasteiger partial charge in [-0.15, -0.1) is 10.2 Å². The van der Waals surface area contributed by atoms with E-state index in [0.717, 1.165) is 11.1 Å². The number of hydrogen-bond donors (Lipinski definition) is 1. The maximum atomic E-state index is 12.8. The molecule has 1 unspecified atom stereocenters. The number of ketones is 1. The summed E-state index contributed by atoms with van der Waals surface area (Å²) < 4.78 is 5.92. The van der Waals surface area contributed by atoms with Crippen LogP contribution in [0.1, 0.15) is 34.3 Å². The van der Waals surface area contributed by atoms with Gasteiger partial charge in [0.15, 0.2) is 5.78 Å². The van der Waals surface area contributed by atoms with E-state index in [2.05, 4.69) is 15.5 Å². The molecule has 0 saturated carbocycles. The fourth-order valence-corrected chi connectivity index (χ4v) is 3.22. The molecule has 4 aromatic rings. The highest BCUT2D eigenvalue weighted by atomic mass is 35.5. The van der Waals surface area contributed by atoms with Crippen LogP contribution in [0.4, 0.5) is 0 Å². The molecule has 5 nitrogen and oxygen atoms in total. The van der Waals surface area contributed by atoms with Gasteiger partial charge in [0.05, 0.1) is 6.04 Å².